The summed E-state index contributed by atoms with van der Waals surface area (Å²) in [5.74, 6) is 1.29. The molecule has 0 aliphatic heterocycles. The summed E-state index contributed by atoms with van der Waals surface area (Å²) in [7, 11) is 1.63. The molecule has 118 valence electrons. The average molecular weight is 321 g/mol. The lowest BCUT2D eigenvalue weighted by Gasteiger charge is -2.07. The number of nitrogens with zero attached hydrogens (tertiary/aromatic N) is 2. The number of carbonyl (C=O) groups is 1. The standard InChI is InChI=1S/C15H19N3O3S/c1-4-16-14(19)10(2)22-15-18-17-13(21-15)9-11-5-7-12(20-3)8-6-11/h5-8,10H,4,9H2,1-3H3,(H,16,19)/t10-/m0/s1. The minimum atomic E-state index is -0.269. The van der Waals surface area contributed by atoms with Crippen molar-refractivity contribution in [3.8, 4) is 5.75 Å². The molecule has 0 spiro atoms. The van der Waals surface area contributed by atoms with Crippen LogP contribution in [0.2, 0.25) is 0 Å². The Bertz CT molecular complexity index is 613. The SMILES string of the molecule is CCNC(=O)[C@H](C)Sc1nnc(Cc2ccc(OC)cc2)o1. The van der Waals surface area contributed by atoms with Gasteiger partial charge in [-0.3, -0.25) is 4.79 Å². The number of hydrogen-bond donors (Lipinski definition) is 1. The molecular weight excluding hydrogens is 302 g/mol. The third-order valence-electron chi connectivity index (χ3n) is 2.96. The first-order valence-electron chi connectivity index (χ1n) is 7.02. The molecule has 0 aliphatic rings. The van der Waals surface area contributed by atoms with Gasteiger partial charge in [-0.1, -0.05) is 23.9 Å². The molecule has 0 aliphatic carbocycles. The molecule has 1 aromatic heterocycles. The van der Waals surface area contributed by atoms with Crippen LogP contribution in [0.5, 0.6) is 5.75 Å². The molecular formula is C15H19N3O3S. The van der Waals surface area contributed by atoms with Crippen LogP contribution in [-0.4, -0.2) is 35.0 Å². The van der Waals surface area contributed by atoms with Gasteiger partial charge in [-0.15, -0.1) is 10.2 Å². The van der Waals surface area contributed by atoms with Crippen LogP contribution in [0.15, 0.2) is 33.9 Å². The van der Waals surface area contributed by atoms with Crippen LogP contribution in [0.25, 0.3) is 0 Å². The number of thioether (sulfide) groups is 1. The number of carbonyl (C=O) groups excluding carboxylic acids is 1. The zero-order chi connectivity index (χ0) is 15.9. The number of nitrogens with one attached hydrogen (secondary N) is 1. The summed E-state index contributed by atoms with van der Waals surface area (Å²) >= 11 is 1.26. The molecule has 0 unspecified atom stereocenters. The first kappa shape index (κ1) is 16.4. The Hall–Kier alpha value is -2.02. The van der Waals surface area contributed by atoms with Gasteiger partial charge in [0.05, 0.1) is 18.8 Å². The number of ether oxygens (including phenoxy) is 1. The Morgan fingerprint density at radius 3 is 2.73 bits per heavy atom. The summed E-state index contributed by atoms with van der Waals surface area (Å²) in [6, 6.07) is 7.68. The van der Waals surface area contributed by atoms with Crippen LogP contribution < -0.4 is 10.1 Å². The molecule has 1 N–H and O–H groups in total. The molecule has 7 heteroatoms. The molecule has 0 fully saturated rings. The number of aromatic nitrogens is 2. The van der Waals surface area contributed by atoms with E-state index < -0.39 is 0 Å². The third kappa shape index (κ3) is 4.49. The van der Waals surface area contributed by atoms with Crippen molar-refractivity contribution < 1.29 is 13.9 Å². The first-order chi connectivity index (χ1) is 10.6. The fraction of sp³-hybridized carbons (Fsp3) is 0.400. The van der Waals surface area contributed by atoms with Crippen LogP contribution in [-0.2, 0) is 11.2 Å². The highest BCUT2D eigenvalue weighted by molar-refractivity contribution is 8.00. The molecule has 0 bridgehead atoms. The smallest absolute Gasteiger partial charge is 0.277 e. The molecule has 1 aromatic carbocycles. The van der Waals surface area contributed by atoms with E-state index in [1.165, 1.54) is 11.8 Å². The summed E-state index contributed by atoms with van der Waals surface area (Å²) in [5, 5.41) is 10.9. The lowest BCUT2D eigenvalue weighted by Crippen LogP contribution is -2.30. The lowest BCUT2D eigenvalue weighted by atomic mass is 10.1. The van der Waals surface area contributed by atoms with E-state index in [1.54, 1.807) is 7.11 Å². The van der Waals surface area contributed by atoms with Gasteiger partial charge in [0.25, 0.3) is 5.22 Å². The van der Waals surface area contributed by atoms with E-state index in [0.29, 0.717) is 24.1 Å². The van der Waals surface area contributed by atoms with E-state index in [1.807, 2.05) is 38.1 Å². The summed E-state index contributed by atoms with van der Waals surface area (Å²) in [6.45, 7) is 4.30. The number of benzene rings is 1. The largest absolute Gasteiger partial charge is 0.497 e. The predicted octanol–water partition coefficient (Wildman–Crippen LogP) is 2.29. The van der Waals surface area contributed by atoms with Gasteiger partial charge in [0.2, 0.25) is 11.8 Å². The highest BCUT2D eigenvalue weighted by Crippen LogP contribution is 2.23. The Kier molecular flexibility index (Phi) is 5.83. The fourth-order valence-corrected chi connectivity index (χ4v) is 2.52. The van der Waals surface area contributed by atoms with Gasteiger partial charge in [-0.05, 0) is 31.5 Å². The van der Waals surface area contributed by atoms with E-state index in [9.17, 15) is 4.79 Å². The normalized spacial score (nSPS) is 12.0. The summed E-state index contributed by atoms with van der Waals surface area (Å²) in [6.07, 6.45) is 0.549. The van der Waals surface area contributed by atoms with Crippen LogP contribution in [0.4, 0.5) is 0 Å². The van der Waals surface area contributed by atoms with Crippen molar-refractivity contribution in [2.45, 2.75) is 30.7 Å². The summed E-state index contributed by atoms with van der Waals surface area (Å²) in [5.41, 5.74) is 1.05. The number of rotatable bonds is 7. The highest BCUT2D eigenvalue weighted by atomic mass is 32.2. The average Bonchev–Trinajstić information content (AvgIpc) is 2.95. The van der Waals surface area contributed by atoms with Crippen molar-refractivity contribution in [1.82, 2.24) is 15.5 Å². The van der Waals surface area contributed by atoms with Gasteiger partial charge >= 0.3 is 0 Å². The van der Waals surface area contributed by atoms with Crippen LogP contribution in [0.3, 0.4) is 0 Å². The van der Waals surface area contributed by atoms with Crippen LogP contribution >= 0.6 is 11.8 Å². The van der Waals surface area contributed by atoms with E-state index in [2.05, 4.69) is 15.5 Å². The molecule has 1 amide bonds. The minimum absolute atomic E-state index is 0.0394. The van der Waals surface area contributed by atoms with Crippen LogP contribution in [0, 0.1) is 0 Å². The van der Waals surface area contributed by atoms with Crippen molar-refractivity contribution in [3.05, 3.63) is 35.7 Å². The highest BCUT2D eigenvalue weighted by Gasteiger charge is 2.17. The molecule has 1 heterocycles. The van der Waals surface area contributed by atoms with Gasteiger partial charge in [0.15, 0.2) is 0 Å². The molecule has 0 saturated heterocycles. The lowest BCUT2D eigenvalue weighted by molar-refractivity contribution is -0.120. The zero-order valence-corrected chi connectivity index (χ0v) is 13.6. The van der Waals surface area contributed by atoms with Gasteiger partial charge < -0.3 is 14.5 Å². The minimum Gasteiger partial charge on any atom is -0.497 e. The Morgan fingerprint density at radius 1 is 1.36 bits per heavy atom. The summed E-state index contributed by atoms with van der Waals surface area (Å²) < 4.78 is 10.7. The van der Waals surface area contributed by atoms with Crippen molar-refractivity contribution >= 4 is 17.7 Å². The van der Waals surface area contributed by atoms with E-state index in [4.69, 9.17) is 9.15 Å². The van der Waals surface area contributed by atoms with Crippen molar-refractivity contribution in [1.29, 1.82) is 0 Å². The van der Waals surface area contributed by atoms with Crippen molar-refractivity contribution in [2.24, 2.45) is 0 Å². The van der Waals surface area contributed by atoms with Crippen molar-refractivity contribution in [2.75, 3.05) is 13.7 Å². The number of amides is 1. The third-order valence-corrected chi connectivity index (χ3v) is 3.89. The second-order valence-electron chi connectivity index (χ2n) is 4.64. The van der Waals surface area contributed by atoms with Crippen LogP contribution in [0.1, 0.15) is 25.3 Å². The predicted molar refractivity (Wildman–Crippen MR) is 84.1 cm³/mol. The quantitative estimate of drug-likeness (QED) is 0.788. The molecule has 2 rings (SSSR count). The number of hydrogen-bond acceptors (Lipinski definition) is 6. The Morgan fingerprint density at radius 2 is 2.09 bits per heavy atom. The van der Waals surface area contributed by atoms with E-state index in [0.717, 1.165) is 11.3 Å². The van der Waals surface area contributed by atoms with E-state index in [-0.39, 0.29) is 11.2 Å². The fourth-order valence-electron chi connectivity index (χ4n) is 1.80. The van der Waals surface area contributed by atoms with E-state index >= 15 is 0 Å². The zero-order valence-electron chi connectivity index (χ0n) is 12.8. The maximum absolute atomic E-state index is 11.7. The van der Waals surface area contributed by atoms with Gasteiger partial charge in [0.1, 0.15) is 5.75 Å². The topological polar surface area (TPSA) is 77.2 Å². The molecule has 6 nitrogen and oxygen atoms in total. The monoisotopic (exact) mass is 321 g/mol. The maximum Gasteiger partial charge on any atom is 0.277 e. The van der Waals surface area contributed by atoms with Gasteiger partial charge in [-0.2, -0.15) is 0 Å². The molecule has 0 saturated carbocycles. The van der Waals surface area contributed by atoms with Crippen molar-refractivity contribution in [3.63, 3.8) is 0 Å². The molecule has 0 radical (unpaired) electrons. The second kappa shape index (κ2) is 7.84. The maximum atomic E-state index is 11.7. The summed E-state index contributed by atoms with van der Waals surface area (Å²) in [4.78, 5) is 11.7. The first-order valence-corrected chi connectivity index (χ1v) is 7.90. The molecule has 2 aromatic rings. The second-order valence-corrected chi connectivity index (χ2v) is 5.93. The Labute approximate surface area is 133 Å². The Balaban J connectivity index is 1.94. The molecule has 1 atom stereocenters. The van der Waals surface area contributed by atoms with Gasteiger partial charge in [0, 0.05) is 6.54 Å². The molecule has 22 heavy (non-hydrogen) atoms. The number of methoxy groups -OCH3 is 1. The van der Waals surface area contributed by atoms with Gasteiger partial charge in [-0.25, -0.2) is 0 Å².